The third-order valence-electron chi connectivity index (χ3n) is 5.40. The van der Waals surface area contributed by atoms with Gasteiger partial charge in [-0.25, -0.2) is 0 Å². The molecule has 1 aliphatic heterocycles. The minimum absolute atomic E-state index is 0.260. The normalized spacial score (nSPS) is 20.5. The highest BCUT2D eigenvalue weighted by Gasteiger charge is 2.25. The van der Waals surface area contributed by atoms with Crippen LogP contribution in [-0.4, -0.2) is 29.9 Å². The molecule has 0 spiro atoms. The molecule has 2 aliphatic rings. The smallest absolute Gasteiger partial charge is 0.223 e. The van der Waals surface area contributed by atoms with E-state index in [-0.39, 0.29) is 5.92 Å². The molecule has 0 atom stereocenters. The van der Waals surface area contributed by atoms with Crippen molar-refractivity contribution in [3.05, 3.63) is 35.4 Å². The molecule has 1 aromatic rings. The van der Waals surface area contributed by atoms with Gasteiger partial charge in [0.15, 0.2) is 0 Å². The van der Waals surface area contributed by atoms with Crippen LogP contribution in [0.2, 0.25) is 0 Å². The molecule has 0 bridgehead atoms. The van der Waals surface area contributed by atoms with Crippen LogP contribution in [0.1, 0.15) is 56.1 Å². The average Bonchev–Trinajstić information content (AvgIpc) is 2.65. The van der Waals surface area contributed by atoms with Crippen LogP contribution in [0.5, 0.6) is 0 Å². The van der Waals surface area contributed by atoms with Crippen molar-refractivity contribution in [1.82, 2.24) is 10.2 Å². The van der Waals surface area contributed by atoms with Gasteiger partial charge in [0.2, 0.25) is 5.91 Å². The molecule has 1 heterocycles. The molecule has 1 aromatic carbocycles. The molecule has 0 aromatic heterocycles. The van der Waals surface area contributed by atoms with Gasteiger partial charge in [0.1, 0.15) is 0 Å². The van der Waals surface area contributed by atoms with Gasteiger partial charge in [-0.3, -0.25) is 9.69 Å². The van der Waals surface area contributed by atoms with Crippen molar-refractivity contribution in [2.24, 2.45) is 5.92 Å². The topological polar surface area (TPSA) is 56.1 Å². The van der Waals surface area contributed by atoms with E-state index in [4.69, 9.17) is 5.26 Å². The van der Waals surface area contributed by atoms with Crippen LogP contribution in [0.25, 0.3) is 0 Å². The number of hydrogen-bond donors (Lipinski definition) is 1. The Morgan fingerprint density at radius 3 is 2.38 bits per heavy atom. The molecule has 0 radical (unpaired) electrons. The number of hydrogen-bond acceptors (Lipinski definition) is 3. The van der Waals surface area contributed by atoms with Gasteiger partial charge in [-0.05, 0) is 43.4 Å². The summed E-state index contributed by atoms with van der Waals surface area (Å²) in [4.78, 5) is 14.8. The molecule has 128 valence electrons. The second kappa shape index (κ2) is 8.30. The highest BCUT2D eigenvalue weighted by Crippen LogP contribution is 2.24. The summed E-state index contributed by atoms with van der Waals surface area (Å²) in [5.74, 6) is 0.552. The predicted molar refractivity (Wildman–Crippen MR) is 94.2 cm³/mol. The van der Waals surface area contributed by atoms with E-state index in [9.17, 15) is 4.79 Å². The van der Waals surface area contributed by atoms with Gasteiger partial charge in [0.25, 0.3) is 0 Å². The van der Waals surface area contributed by atoms with Crippen molar-refractivity contribution in [2.75, 3.05) is 13.1 Å². The van der Waals surface area contributed by atoms with Crippen LogP contribution in [-0.2, 0) is 11.3 Å². The van der Waals surface area contributed by atoms with Crippen LogP contribution in [0.4, 0.5) is 0 Å². The number of carbonyl (C=O) groups is 1. The number of nitrogens with zero attached hydrogens (tertiary/aromatic N) is 2. The number of amides is 1. The Morgan fingerprint density at radius 1 is 1.08 bits per heavy atom. The van der Waals surface area contributed by atoms with Crippen molar-refractivity contribution >= 4 is 5.91 Å². The molecule has 1 saturated heterocycles. The van der Waals surface area contributed by atoms with Crippen LogP contribution in [0.15, 0.2) is 24.3 Å². The van der Waals surface area contributed by atoms with E-state index in [0.29, 0.717) is 17.5 Å². The summed E-state index contributed by atoms with van der Waals surface area (Å²) in [6.45, 7) is 2.97. The number of rotatable bonds is 4. The SMILES string of the molecule is N#Cc1ccc(CN2CCC(NC(=O)C3CCCCC3)CC2)cc1. The van der Waals surface area contributed by atoms with Gasteiger partial charge in [-0.15, -0.1) is 0 Å². The van der Waals surface area contributed by atoms with Gasteiger partial charge >= 0.3 is 0 Å². The number of likely N-dealkylation sites (tertiary alicyclic amines) is 1. The zero-order chi connectivity index (χ0) is 16.8. The second-order valence-electron chi connectivity index (χ2n) is 7.20. The molecule has 24 heavy (non-hydrogen) atoms. The molecule has 3 rings (SSSR count). The van der Waals surface area contributed by atoms with Gasteiger partial charge in [-0.2, -0.15) is 5.26 Å². The Kier molecular flexibility index (Phi) is 5.87. The molecular weight excluding hydrogens is 298 g/mol. The monoisotopic (exact) mass is 325 g/mol. The Morgan fingerprint density at radius 2 is 1.75 bits per heavy atom. The van der Waals surface area contributed by atoms with E-state index >= 15 is 0 Å². The lowest BCUT2D eigenvalue weighted by atomic mass is 9.88. The number of benzene rings is 1. The molecule has 1 amide bonds. The lowest BCUT2D eigenvalue weighted by Gasteiger charge is -2.33. The summed E-state index contributed by atoms with van der Waals surface area (Å²) in [7, 11) is 0. The van der Waals surface area contributed by atoms with Crippen LogP contribution < -0.4 is 5.32 Å². The maximum atomic E-state index is 12.3. The maximum Gasteiger partial charge on any atom is 0.223 e. The summed E-state index contributed by atoms with van der Waals surface area (Å²) in [6.07, 6.45) is 7.93. The van der Waals surface area contributed by atoms with E-state index in [1.807, 2.05) is 24.3 Å². The van der Waals surface area contributed by atoms with Gasteiger partial charge < -0.3 is 5.32 Å². The largest absolute Gasteiger partial charge is 0.353 e. The van der Waals surface area contributed by atoms with E-state index < -0.39 is 0 Å². The maximum absolute atomic E-state index is 12.3. The second-order valence-corrected chi connectivity index (χ2v) is 7.20. The van der Waals surface area contributed by atoms with E-state index in [1.54, 1.807) is 0 Å². The van der Waals surface area contributed by atoms with E-state index in [1.165, 1.54) is 24.8 Å². The van der Waals surface area contributed by atoms with Crippen LogP contribution >= 0.6 is 0 Å². The van der Waals surface area contributed by atoms with Crippen molar-refractivity contribution in [3.63, 3.8) is 0 Å². The first-order valence-electron chi connectivity index (χ1n) is 9.26. The first-order valence-corrected chi connectivity index (χ1v) is 9.26. The van der Waals surface area contributed by atoms with Gasteiger partial charge in [0, 0.05) is 31.6 Å². The van der Waals surface area contributed by atoms with Crippen LogP contribution in [0, 0.1) is 17.2 Å². The van der Waals surface area contributed by atoms with Crippen molar-refractivity contribution in [3.8, 4) is 6.07 Å². The fourth-order valence-electron chi connectivity index (χ4n) is 3.86. The Hall–Kier alpha value is -1.86. The van der Waals surface area contributed by atoms with Crippen molar-refractivity contribution in [1.29, 1.82) is 5.26 Å². The highest BCUT2D eigenvalue weighted by molar-refractivity contribution is 5.79. The molecule has 2 fully saturated rings. The molecule has 4 heteroatoms. The first kappa shape index (κ1) is 17.0. The number of carbonyl (C=O) groups excluding carboxylic acids is 1. The predicted octanol–water partition coefficient (Wildman–Crippen LogP) is 3.22. The summed E-state index contributed by atoms with van der Waals surface area (Å²) in [5.41, 5.74) is 1.96. The minimum atomic E-state index is 0.260. The Balaban J connectivity index is 1.42. The Bertz CT molecular complexity index is 576. The van der Waals surface area contributed by atoms with Gasteiger partial charge in [-0.1, -0.05) is 31.4 Å². The summed E-state index contributed by atoms with van der Waals surface area (Å²) in [6, 6.07) is 10.3. The summed E-state index contributed by atoms with van der Waals surface area (Å²) in [5, 5.41) is 12.1. The fourth-order valence-corrected chi connectivity index (χ4v) is 3.86. The lowest BCUT2D eigenvalue weighted by Crippen LogP contribution is -2.46. The third-order valence-corrected chi connectivity index (χ3v) is 5.40. The summed E-state index contributed by atoms with van der Waals surface area (Å²) < 4.78 is 0. The average molecular weight is 325 g/mol. The van der Waals surface area contributed by atoms with E-state index in [0.717, 1.165) is 45.3 Å². The zero-order valence-corrected chi connectivity index (χ0v) is 14.3. The molecule has 4 nitrogen and oxygen atoms in total. The van der Waals surface area contributed by atoms with E-state index in [2.05, 4.69) is 16.3 Å². The number of nitriles is 1. The molecular formula is C20H27N3O. The highest BCUT2D eigenvalue weighted by atomic mass is 16.1. The minimum Gasteiger partial charge on any atom is -0.353 e. The Labute approximate surface area is 144 Å². The standard InChI is InChI=1S/C20H27N3O/c21-14-16-6-8-17(9-7-16)15-23-12-10-19(11-13-23)22-20(24)18-4-2-1-3-5-18/h6-9,18-19H,1-5,10-13,15H2,(H,22,24). The molecule has 1 N–H and O–H groups in total. The van der Waals surface area contributed by atoms with Crippen molar-refractivity contribution in [2.45, 2.75) is 57.5 Å². The first-order chi connectivity index (χ1) is 11.7. The third kappa shape index (κ3) is 4.58. The van der Waals surface area contributed by atoms with Crippen molar-refractivity contribution < 1.29 is 4.79 Å². The lowest BCUT2D eigenvalue weighted by molar-refractivity contribution is -0.127. The number of nitrogens with one attached hydrogen (secondary N) is 1. The van der Waals surface area contributed by atoms with Crippen LogP contribution in [0.3, 0.4) is 0 Å². The molecule has 1 saturated carbocycles. The molecule has 0 unspecified atom stereocenters. The quantitative estimate of drug-likeness (QED) is 0.925. The van der Waals surface area contributed by atoms with Gasteiger partial charge in [0.05, 0.1) is 11.6 Å². The fraction of sp³-hybridized carbons (Fsp3) is 0.600. The zero-order valence-electron chi connectivity index (χ0n) is 14.3. The summed E-state index contributed by atoms with van der Waals surface area (Å²) >= 11 is 0. The number of piperidine rings is 1. The molecule has 1 aliphatic carbocycles.